The summed E-state index contributed by atoms with van der Waals surface area (Å²) in [7, 11) is 3.00. The van der Waals surface area contributed by atoms with Crippen LogP contribution in [0.4, 0.5) is 0 Å². The van der Waals surface area contributed by atoms with Gasteiger partial charge in [-0.2, -0.15) is 0 Å². The van der Waals surface area contributed by atoms with Crippen molar-refractivity contribution in [1.29, 1.82) is 0 Å². The van der Waals surface area contributed by atoms with Crippen molar-refractivity contribution in [2.24, 2.45) is 5.92 Å². The lowest BCUT2D eigenvalue weighted by atomic mass is 10.0. The fourth-order valence-corrected chi connectivity index (χ4v) is 5.49. The molecule has 2 aromatic heterocycles. The molecule has 212 valence electrons. The fraction of sp³-hybridized carbons (Fsp3) is 0.379. The molecule has 0 aliphatic carbocycles. The second-order valence-electron chi connectivity index (χ2n) is 10.0. The van der Waals surface area contributed by atoms with Crippen LogP contribution in [0, 0.1) is 5.92 Å². The van der Waals surface area contributed by atoms with Gasteiger partial charge >= 0.3 is 0 Å². The van der Waals surface area contributed by atoms with E-state index in [1.165, 1.54) is 18.4 Å². The number of nitrogens with one attached hydrogen (secondary N) is 3. The van der Waals surface area contributed by atoms with Crippen molar-refractivity contribution >= 4 is 50.1 Å². The predicted molar refractivity (Wildman–Crippen MR) is 154 cm³/mol. The van der Waals surface area contributed by atoms with Crippen LogP contribution in [-0.2, 0) is 9.53 Å². The molecule has 4 rings (SSSR count). The van der Waals surface area contributed by atoms with E-state index in [0.29, 0.717) is 17.7 Å². The number of thiazole rings is 1. The number of ketones is 1. The fourth-order valence-electron chi connectivity index (χ4n) is 4.53. The van der Waals surface area contributed by atoms with Crippen molar-refractivity contribution in [3.63, 3.8) is 0 Å². The van der Waals surface area contributed by atoms with E-state index in [4.69, 9.17) is 9.47 Å². The van der Waals surface area contributed by atoms with Crippen LogP contribution in [-0.4, -0.2) is 71.7 Å². The first kappa shape index (κ1) is 29.2. The van der Waals surface area contributed by atoms with Gasteiger partial charge in [-0.1, -0.05) is 32.0 Å². The van der Waals surface area contributed by atoms with Crippen LogP contribution >= 0.6 is 11.3 Å². The quantitative estimate of drug-likeness (QED) is 0.181. The summed E-state index contributed by atoms with van der Waals surface area (Å²) >= 11 is 1.22. The SMILES string of the molecule is COCC(O)C[C@H](NC(=O)[C@H](CC(C)C)NC(=O)c1cc2c(OC)cccc2[nH]1)C(=O)c1nc2ccccc2s1. The van der Waals surface area contributed by atoms with E-state index in [2.05, 4.69) is 20.6 Å². The lowest BCUT2D eigenvalue weighted by Gasteiger charge is -2.24. The third kappa shape index (κ3) is 6.85. The van der Waals surface area contributed by atoms with E-state index in [1.54, 1.807) is 19.2 Å². The Hall–Kier alpha value is -3.80. The minimum absolute atomic E-state index is 0.00446. The number of hydrogen-bond acceptors (Lipinski definition) is 8. The highest BCUT2D eigenvalue weighted by atomic mass is 32.1. The molecule has 40 heavy (non-hydrogen) atoms. The van der Waals surface area contributed by atoms with Gasteiger partial charge in [0.15, 0.2) is 5.01 Å². The number of ether oxygens (including phenoxy) is 2. The summed E-state index contributed by atoms with van der Waals surface area (Å²) < 4.78 is 11.3. The number of carbonyl (C=O) groups is 3. The molecule has 2 aromatic carbocycles. The number of aromatic nitrogens is 2. The molecule has 4 aromatic rings. The van der Waals surface area contributed by atoms with Crippen molar-refractivity contribution in [1.82, 2.24) is 20.6 Å². The Kier molecular flexibility index (Phi) is 9.51. The number of aliphatic hydroxyl groups excluding tert-OH is 1. The van der Waals surface area contributed by atoms with Gasteiger partial charge in [0, 0.05) is 24.4 Å². The number of fused-ring (bicyclic) bond motifs is 2. The molecule has 0 radical (unpaired) electrons. The lowest BCUT2D eigenvalue weighted by molar-refractivity contribution is -0.124. The zero-order valence-electron chi connectivity index (χ0n) is 22.9. The van der Waals surface area contributed by atoms with Crippen molar-refractivity contribution in [2.45, 2.75) is 44.9 Å². The molecular formula is C29H34N4O6S. The molecule has 0 fully saturated rings. The number of para-hydroxylation sites is 1. The summed E-state index contributed by atoms with van der Waals surface area (Å²) in [6.07, 6.45) is -0.726. The third-order valence-corrected chi connectivity index (χ3v) is 7.47. The second-order valence-corrected chi connectivity index (χ2v) is 11.0. The molecule has 4 N–H and O–H groups in total. The molecule has 3 atom stereocenters. The van der Waals surface area contributed by atoms with E-state index >= 15 is 0 Å². The summed E-state index contributed by atoms with van der Waals surface area (Å²) in [6, 6.07) is 12.5. The van der Waals surface area contributed by atoms with E-state index in [9.17, 15) is 19.5 Å². The molecule has 0 aliphatic heterocycles. The summed E-state index contributed by atoms with van der Waals surface area (Å²) in [5.74, 6) is -0.721. The first-order valence-electron chi connectivity index (χ1n) is 13.0. The van der Waals surface area contributed by atoms with Gasteiger partial charge in [-0.3, -0.25) is 14.4 Å². The summed E-state index contributed by atoms with van der Waals surface area (Å²) in [5.41, 5.74) is 1.68. The van der Waals surface area contributed by atoms with Gasteiger partial charge in [-0.15, -0.1) is 11.3 Å². The summed E-state index contributed by atoms with van der Waals surface area (Å²) in [4.78, 5) is 47.8. The Morgan fingerprint density at radius 2 is 1.80 bits per heavy atom. The number of carbonyl (C=O) groups excluding carboxylic acids is 3. The van der Waals surface area contributed by atoms with Gasteiger partial charge in [-0.25, -0.2) is 4.98 Å². The minimum atomic E-state index is -1.07. The number of Topliss-reactive ketones (excluding diaryl/α,β-unsaturated/α-hetero) is 1. The van der Waals surface area contributed by atoms with Crippen LogP contribution in [0.5, 0.6) is 5.75 Å². The van der Waals surface area contributed by atoms with Gasteiger partial charge in [0.05, 0.1) is 36.1 Å². The van der Waals surface area contributed by atoms with Crippen molar-refractivity contribution in [3.8, 4) is 5.75 Å². The zero-order valence-corrected chi connectivity index (χ0v) is 23.7. The first-order chi connectivity index (χ1) is 19.2. The molecule has 2 amide bonds. The monoisotopic (exact) mass is 566 g/mol. The number of methoxy groups -OCH3 is 2. The normalized spacial score (nSPS) is 13.8. The first-order valence-corrected chi connectivity index (χ1v) is 13.9. The Bertz CT molecular complexity index is 1460. The number of nitrogens with zero attached hydrogens (tertiary/aromatic N) is 1. The second kappa shape index (κ2) is 13.0. The van der Waals surface area contributed by atoms with E-state index in [-0.39, 0.29) is 29.6 Å². The summed E-state index contributed by atoms with van der Waals surface area (Å²) in [6.45, 7) is 3.87. The highest BCUT2D eigenvalue weighted by Crippen LogP contribution is 2.26. The molecule has 0 spiro atoms. The smallest absolute Gasteiger partial charge is 0.268 e. The van der Waals surface area contributed by atoms with Crippen LogP contribution < -0.4 is 15.4 Å². The average Bonchev–Trinajstić information content (AvgIpc) is 3.56. The Morgan fingerprint density at radius 1 is 1.02 bits per heavy atom. The molecular weight excluding hydrogens is 532 g/mol. The average molecular weight is 567 g/mol. The standard InChI is InChI=1S/C29H34N4O6S/c1-16(2)12-22(32-28(37)23-14-18-19(30-23)9-7-10-24(18)39-4)27(36)31-21(13-17(34)15-38-3)26(35)29-33-20-8-5-6-11-25(20)40-29/h5-11,14,16-17,21-22,30,34H,12-13,15H2,1-4H3,(H,31,36)(H,32,37)/t17?,21-,22-/m0/s1. The molecule has 1 unspecified atom stereocenters. The highest BCUT2D eigenvalue weighted by molar-refractivity contribution is 7.20. The van der Waals surface area contributed by atoms with Crippen LogP contribution in [0.1, 0.15) is 47.0 Å². The van der Waals surface area contributed by atoms with Crippen molar-refractivity contribution in [3.05, 3.63) is 59.2 Å². The van der Waals surface area contributed by atoms with Gasteiger partial charge < -0.3 is 30.2 Å². The van der Waals surface area contributed by atoms with Crippen LogP contribution in [0.2, 0.25) is 0 Å². The number of benzene rings is 2. The number of aliphatic hydroxyl groups is 1. The van der Waals surface area contributed by atoms with Gasteiger partial charge in [0.25, 0.3) is 5.91 Å². The molecule has 0 aliphatic rings. The number of aromatic amines is 1. The number of H-pyrrole nitrogens is 1. The molecule has 0 saturated carbocycles. The minimum Gasteiger partial charge on any atom is -0.496 e. The Balaban J connectivity index is 1.56. The van der Waals surface area contributed by atoms with Crippen molar-refractivity contribution in [2.75, 3.05) is 20.8 Å². The lowest BCUT2D eigenvalue weighted by Crippen LogP contribution is -2.53. The van der Waals surface area contributed by atoms with E-state index in [1.807, 2.05) is 50.2 Å². The summed E-state index contributed by atoms with van der Waals surface area (Å²) in [5, 5.41) is 17.0. The van der Waals surface area contributed by atoms with Gasteiger partial charge in [0.2, 0.25) is 11.7 Å². The zero-order chi connectivity index (χ0) is 28.8. The molecule has 11 heteroatoms. The van der Waals surface area contributed by atoms with Crippen LogP contribution in [0.3, 0.4) is 0 Å². The maximum absolute atomic E-state index is 13.5. The van der Waals surface area contributed by atoms with Crippen LogP contribution in [0.25, 0.3) is 21.1 Å². The van der Waals surface area contributed by atoms with E-state index in [0.717, 1.165) is 15.6 Å². The number of rotatable bonds is 13. The maximum Gasteiger partial charge on any atom is 0.268 e. The molecule has 0 saturated heterocycles. The predicted octanol–water partition coefficient (Wildman–Crippen LogP) is 3.70. The molecule has 0 bridgehead atoms. The van der Waals surface area contributed by atoms with Crippen molar-refractivity contribution < 1.29 is 29.0 Å². The molecule has 10 nitrogen and oxygen atoms in total. The maximum atomic E-state index is 13.5. The Labute approximate surface area is 236 Å². The van der Waals surface area contributed by atoms with Gasteiger partial charge in [-0.05, 0) is 42.7 Å². The highest BCUT2D eigenvalue weighted by Gasteiger charge is 2.31. The topological polar surface area (TPSA) is 143 Å². The number of amides is 2. The third-order valence-electron chi connectivity index (χ3n) is 6.42. The number of hydrogen-bond donors (Lipinski definition) is 4. The Morgan fingerprint density at radius 3 is 2.50 bits per heavy atom. The van der Waals surface area contributed by atoms with Crippen LogP contribution in [0.15, 0.2) is 48.5 Å². The van der Waals surface area contributed by atoms with Gasteiger partial charge in [0.1, 0.15) is 17.5 Å². The van der Waals surface area contributed by atoms with E-state index < -0.39 is 35.8 Å². The molecule has 2 heterocycles. The largest absolute Gasteiger partial charge is 0.496 e.